The van der Waals surface area contributed by atoms with Gasteiger partial charge in [-0.05, 0) is 6.92 Å². The van der Waals surface area contributed by atoms with Gasteiger partial charge in [-0.1, -0.05) is 13.8 Å². The maximum atomic E-state index is 10.7. The van der Waals surface area contributed by atoms with E-state index in [4.69, 9.17) is 4.74 Å². The summed E-state index contributed by atoms with van der Waals surface area (Å²) in [6.45, 7) is 5.94. The lowest BCUT2D eigenvalue weighted by Gasteiger charge is -2.31. The van der Waals surface area contributed by atoms with Crippen molar-refractivity contribution in [3.05, 3.63) is 0 Å². The summed E-state index contributed by atoms with van der Waals surface area (Å²) in [6.07, 6.45) is -1.12. The molecule has 1 amide bonds. The zero-order valence-electron chi connectivity index (χ0n) is 7.63. The van der Waals surface area contributed by atoms with Crippen LogP contribution >= 0.6 is 0 Å². The van der Waals surface area contributed by atoms with E-state index >= 15 is 0 Å². The van der Waals surface area contributed by atoms with Crippen molar-refractivity contribution in [1.82, 2.24) is 5.32 Å². The molecule has 70 valence electrons. The first-order valence-electron chi connectivity index (χ1n) is 4.07. The molecular weight excluding hydrogens is 158 g/mol. The van der Waals surface area contributed by atoms with E-state index in [0.717, 1.165) is 0 Å². The van der Waals surface area contributed by atoms with E-state index in [1.54, 1.807) is 6.92 Å². The molecule has 2 unspecified atom stereocenters. The first kappa shape index (κ1) is 9.32. The molecule has 1 fully saturated rings. The number of ether oxygens (including phenoxy) is 1. The fourth-order valence-electron chi connectivity index (χ4n) is 1.07. The number of rotatable bonds is 2. The Morgan fingerprint density at radius 2 is 2.33 bits per heavy atom. The van der Waals surface area contributed by atoms with Gasteiger partial charge in [-0.2, -0.15) is 0 Å². The molecule has 1 heterocycles. The second-order valence-electron chi connectivity index (χ2n) is 3.77. The van der Waals surface area contributed by atoms with Gasteiger partial charge in [0.05, 0.1) is 12.6 Å². The number of aliphatic hydroxyl groups is 1. The molecule has 0 aromatic heterocycles. The van der Waals surface area contributed by atoms with E-state index in [1.807, 2.05) is 13.8 Å². The highest BCUT2D eigenvalue weighted by Gasteiger charge is 2.40. The lowest BCUT2D eigenvalue weighted by Crippen LogP contribution is -2.40. The van der Waals surface area contributed by atoms with E-state index in [-0.39, 0.29) is 11.5 Å². The first-order valence-corrected chi connectivity index (χ1v) is 4.07. The van der Waals surface area contributed by atoms with Crippen molar-refractivity contribution in [2.24, 2.45) is 5.41 Å². The van der Waals surface area contributed by atoms with Crippen LogP contribution in [0.15, 0.2) is 0 Å². The van der Waals surface area contributed by atoms with E-state index in [0.29, 0.717) is 6.54 Å². The zero-order valence-corrected chi connectivity index (χ0v) is 7.63. The van der Waals surface area contributed by atoms with Crippen LogP contribution in [-0.2, 0) is 4.74 Å². The SMILES string of the molecule is CC(O)C(C)(C)C1CNC(=O)O1. The fraction of sp³-hybridized carbons (Fsp3) is 0.875. The molecule has 2 atom stereocenters. The third-order valence-electron chi connectivity index (χ3n) is 2.59. The summed E-state index contributed by atoms with van der Waals surface area (Å²) in [6, 6.07) is 0. The van der Waals surface area contributed by atoms with Gasteiger partial charge in [0, 0.05) is 5.41 Å². The van der Waals surface area contributed by atoms with E-state index in [2.05, 4.69) is 5.32 Å². The molecule has 0 aliphatic carbocycles. The molecule has 0 saturated carbocycles. The predicted octanol–water partition coefficient (Wildman–Crippen LogP) is 0.502. The van der Waals surface area contributed by atoms with Crippen molar-refractivity contribution < 1.29 is 14.6 Å². The van der Waals surface area contributed by atoms with Gasteiger partial charge >= 0.3 is 6.09 Å². The molecule has 4 nitrogen and oxygen atoms in total. The van der Waals surface area contributed by atoms with Crippen LogP contribution in [0.1, 0.15) is 20.8 Å². The zero-order chi connectivity index (χ0) is 9.35. The Morgan fingerprint density at radius 3 is 2.67 bits per heavy atom. The van der Waals surface area contributed by atoms with Gasteiger partial charge in [-0.25, -0.2) is 4.79 Å². The van der Waals surface area contributed by atoms with Crippen molar-refractivity contribution in [2.45, 2.75) is 33.0 Å². The Balaban J connectivity index is 2.63. The minimum atomic E-state index is -0.491. The maximum Gasteiger partial charge on any atom is 0.407 e. The van der Waals surface area contributed by atoms with Crippen LogP contribution < -0.4 is 5.32 Å². The molecular formula is C8H15NO3. The molecule has 4 heteroatoms. The summed E-state index contributed by atoms with van der Waals surface area (Å²) in [7, 11) is 0. The number of carbonyl (C=O) groups is 1. The molecule has 0 aromatic carbocycles. The average molecular weight is 173 g/mol. The Bertz CT molecular complexity index is 189. The molecule has 12 heavy (non-hydrogen) atoms. The molecule has 1 saturated heterocycles. The number of hydrogen-bond acceptors (Lipinski definition) is 3. The van der Waals surface area contributed by atoms with Gasteiger partial charge in [-0.3, -0.25) is 0 Å². The molecule has 0 bridgehead atoms. The minimum Gasteiger partial charge on any atom is -0.444 e. The highest BCUT2D eigenvalue weighted by molar-refractivity contribution is 5.69. The van der Waals surface area contributed by atoms with Gasteiger partial charge in [0.25, 0.3) is 0 Å². The highest BCUT2D eigenvalue weighted by atomic mass is 16.6. The van der Waals surface area contributed by atoms with Crippen LogP contribution in [0.4, 0.5) is 4.79 Å². The molecule has 2 N–H and O–H groups in total. The third kappa shape index (κ3) is 1.53. The lowest BCUT2D eigenvalue weighted by molar-refractivity contribution is -0.0240. The topological polar surface area (TPSA) is 58.6 Å². The van der Waals surface area contributed by atoms with E-state index < -0.39 is 12.2 Å². The molecule has 1 rings (SSSR count). The molecule has 0 aromatic rings. The average Bonchev–Trinajstić information content (AvgIpc) is 2.35. The highest BCUT2D eigenvalue weighted by Crippen LogP contribution is 2.29. The van der Waals surface area contributed by atoms with Crippen LogP contribution in [0.3, 0.4) is 0 Å². The molecule has 1 aliphatic heterocycles. The van der Waals surface area contributed by atoms with E-state index in [9.17, 15) is 9.90 Å². The summed E-state index contributed by atoms with van der Waals surface area (Å²) >= 11 is 0. The van der Waals surface area contributed by atoms with Crippen molar-refractivity contribution >= 4 is 6.09 Å². The van der Waals surface area contributed by atoms with Crippen LogP contribution in [0.25, 0.3) is 0 Å². The smallest absolute Gasteiger partial charge is 0.407 e. The number of alkyl carbamates (subject to hydrolysis) is 1. The second-order valence-corrected chi connectivity index (χ2v) is 3.77. The largest absolute Gasteiger partial charge is 0.444 e. The van der Waals surface area contributed by atoms with Crippen LogP contribution in [0.2, 0.25) is 0 Å². The van der Waals surface area contributed by atoms with Gasteiger partial charge in [0.2, 0.25) is 0 Å². The minimum absolute atomic E-state index is 0.231. The number of cyclic esters (lactones) is 1. The molecule has 1 aliphatic rings. The predicted molar refractivity (Wildman–Crippen MR) is 43.7 cm³/mol. The third-order valence-corrected chi connectivity index (χ3v) is 2.59. The number of amides is 1. The van der Waals surface area contributed by atoms with Crippen molar-refractivity contribution in [1.29, 1.82) is 0 Å². The van der Waals surface area contributed by atoms with Gasteiger partial charge in [0.1, 0.15) is 6.10 Å². The Kier molecular flexibility index (Phi) is 2.28. The monoisotopic (exact) mass is 173 g/mol. The summed E-state index contributed by atoms with van der Waals surface area (Å²) in [4.78, 5) is 10.7. The van der Waals surface area contributed by atoms with Gasteiger partial charge in [-0.15, -0.1) is 0 Å². The quantitative estimate of drug-likeness (QED) is 0.639. The normalized spacial score (nSPS) is 26.3. The van der Waals surface area contributed by atoms with Crippen molar-refractivity contribution in [2.75, 3.05) is 6.54 Å². The van der Waals surface area contributed by atoms with Gasteiger partial charge < -0.3 is 15.2 Å². The summed E-state index contributed by atoms with van der Waals surface area (Å²) in [5.74, 6) is 0. The van der Waals surface area contributed by atoms with Crippen LogP contribution in [-0.4, -0.2) is 30.0 Å². The maximum absolute atomic E-state index is 10.7. The second kappa shape index (κ2) is 2.94. The van der Waals surface area contributed by atoms with Gasteiger partial charge in [0.15, 0.2) is 0 Å². The number of hydrogen-bond donors (Lipinski definition) is 2. The summed E-state index contributed by atoms with van der Waals surface area (Å²) < 4.78 is 4.98. The first-order chi connectivity index (χ1) is 5.44. The molecule has 0 spiro atoms. The van der Waals surface area contributed by atoms with Crippen molar-refractivity contribution in [3.63, 3.8) is 0 Å². The Hall–Kier alpha value is -0.770. The van der Waals surface area contributed by atoms with Crippen LogP contribution in [0.5, 0.6) is 0 Å². The summed E-state index contributed by atoms with van der Waals surface area (Å²) in [5.41, 5.74) is -0.390. The fourth-order valence-corrected chi connectivity index (χ4v) is 1.07. The lowest BCUT2D eigenvalue weighted by atomic mass is 9.81. The Morgan fingerprint density at radius 1 is 1.75 bits per heavy atom. The molecule has 0 radical (unpaired) electrons. The summed E-state index contributed by atoms with van der Waals surface area (Å²) in [5, 5.41) is 12.0. The van der Waals surface area contributed by atoms with Crippen molar-refractivity contribution in [3.8, 4) is 0 Å². The number of aliphatic hydroxyl groups excluding tert-OH is 1. The Labute approximate surface area is 71.9 Å². The van der Waals surface area contributed by atoms with E-state index in [1.165, 1.54) is 0 Å². The number of nitrogens with one attached hydrogen (secondary N) is 1. The standard InChI is InChI=1S/C8H15NO3/c1-5(10)8(2,3)6-4-9-7(11)12-6/h5-6,10H,4H2,1-3H3,(H,9,11). The number of carbonyl (C=O) groups excluding carboxylic acids is 1. The van der Waals surface area contributed by atoms with Crippen LogP contribution in [0, 0.1) is 5.41 Å².